The van der Waals surface area contributed by atoms with Gasteiger partial charge in [0.05, 0.1) is 24.8 Å². The Labute approximate surface area is 148 Å². The van der Waals surface area contributed by atoms with Crippen LogP contribution in [0.5, 0.6) is 17.2 Å². The predicted octanol–water partition coefficient (Wildman–Crippen LogP) is 3.26. The van der Waals surface area contributed by atoms with Crippen LogP contribution in [0.1, 0.15) is 10.4 Å². The number of phenolic OH excluding ortho intramolecular Hbond substituents is 1. The number of fused-ring (bicyclic) bond motifs is 1. The number of benzene rings is 2. The van der Waals surface area contributed by atoms with Gasteiger partial charge in [-0.05, 0) is 24.3 Å². The zero-order valence-electron chi connectivity index (χ0n) is 13.4. The summed E-state index contributed by atoms with van der Waals surface area (Å²) in [6.07, 6.45) is 1.34. The Hall–Kier alpha value is -3.06. The summed E-state index contributed by atoms with van der Waals surface area (Å²) in [5.74, 6) is 0.707. The van der Waals surface area contributed by atoms with Crippen LogP contribution < -0.4 is 14.8 Å². The molecule has 0 spiro atoms. The van der Waals surface area contributed by atoms with Gasteiger partial charge in [0.25, 0.3) is 5.91 Å². The Bertz CT molecular complexity index is 962. The molecule has 0 fully saturated rings. The minimum atomic E-state index is -0.443. The van der Waals surface area contributed by atoms with E-state index >= 15 is 0 Å². The third-order valence-electron chi connectivity index (χ3n) is 3.58. The van der Waals surface area contributed by atoms with Gasteiger partial charge in [-0.3, -0.25) is 4.79 Å². The number of carbonyl (C=O) groups is 1. The van der Waals surface area contributed by atoms with E-state index in [-0.39, 0.29) is 16.3 Å². The van der Waals surface area contributed by atoms with Gasteiger partial charge in [0.2, 0.25) is 0 Å². The highest BCUT2D eigenvalue weighted by Crippen LogP contribution is 2.33. The topological polar surface area (TPSA) is 93.6 Å². The number of methoxy groups -OCH3 is 2. The highest BCUT2D eigenvalue weighted by molar-refractivity contribution is 6.32. The minimum absolute atomic E-state index is 0.167. The summed E-state index contributed by atoms with van der Waals surface area (Å²) in [7, 11) is 3.04. The van der Waals surface area contributed by atoms with Crippen molar-refractivity contribution in [2.45, 2.75) is 0 Å². The first kappa shape index (κ1) is 16.8. The molecule has 1 heterocycles. The van der Waals surface area contributed by atoms with Gasteiger partial charge >= 0.3 is 0 Å². The van der Waals surface area contributed by atoms with Crippen molar-refractivity contribution in [2.24, 2.45) is 0 Å². The second-order valence-electron chi connectivity index (χ2n) is 5.07. The average molecular weight is 360 g/mol. The zero-order valence-corrected chi connectivity index (χ0v) is 14.2. The predicted molar refractivity (Wildman–Crippen MR) is 93.7 cm³/mol. The van der Waals surface area contributed by atoms with E-state index in [2.05, 4.69) is 15.3 Å². The first-order valence-electron chi connectivity index (χ1n) is 7.20. The number of hydrogen-bond donors (Lipinski definition) is 2. The Morgan fingerprint density at radius 2 is 1.84 bits per heavy atom. The van der Waals surface area contributed by atoms with Crippen LogP contribution in [0, 0.1) is 0 Å². The van der Waals surface area contributed by atoms with E-state index in [0.29, 0.717) is 28.2 Å². The Morgan fingerprint density at radius 1 is 1.12 bits per heavy atom. The molecule has 0 bridgehead atoms. The zero-order chi connectivity index (χ0) is 18.0. The van der Waals surface area contributed by atoms with Gasteiger partial charge in [0, 0.05) is 17.0 Å². The third-order valence-corrected chi connectivity index (χ3v) is 3.90. The number of carbonyl (C=O) groups excluding carboxylic acids is 1. The van der Waals surface area contributed by atoms with Gasteiger partial charge in [-0.1, -0.05) is 11.6 Å². The number of amides is 1. The van der Waals surface area contributed by atoms with E-state index in [9.17, 15) is 9.90 Å². The van der Waals surface area contributed by atoms with Gasteiger partial charge in [0.1, 0.15) is 17.9 Å². The van der Waals surface area contributed by atoms with Crippen molar-refractivity contribution in [1.82, 2.24) is 9.97 Å². The lowest BCUT2D eigenvalue weighted by Crippen LogP contribution is -2.13. The molecule has 0 saturated heterocycles. The quantitative estimate of drug-likeness (QED) is 0.742. The molecule has 1 aromatic heterocycles. The van der Waals surface area contributed by atoms with Crippen LogP contribution in [0.2, 0.25) is 5.02 Å². The maximum Gasteiger partial charge on any atom is 0.256 e. The number of anilines is 1. The number of aromatic hydroxyl groups is 1. The fourth-order valence-electron chi connectivity index (χ4n) is 2.32. The van der Waals surface area contributed by atoms with Crippen molar-refractivity contribution < 1.29 is 19.4 Å². The molecule has 0 atom stereocenters. The molecular weight excluding hydrogens is 346 g/mol. The van der Waals surface area contributed by atoms with Crippen LogP contribution in [-0.4, -0.2) is 35.2 Å². The number of rotatable bonds is 4. The molecular formula is C17H14ClN3O4. The van der Waals surface area contributed by atoms with Crippen LogP contribution in [0.25, 0.3) is 10.9 Å². The first-order valence-corrected chi connectivity index (χ1v) is 7.58. The molecule has 0 saturated carbocycles. The summed E-state index contributed by atoms with van der Waals surface area (Å²) < 4.78 is 10.5. The molecule has 2 aromatic carbocycles. The SMILES string of the molecule is COc1cc2ncnc(NC(=O)c3ccc(Cl)c(O)c3)c2cc1OC. The van der Waals surface area contributed by atoms with Gasteiger partial charge in [-0.2, -0.15) is 0 Å². The molecule has 3 rings (SSSR count). The molecule has 25 heavy (non-hydrogen) atoms. The van der Waals surface area contributed by atoms with Gasteiger partial charge in [0.15, 0.2) is 11.5 Å². The summed E-state index contributed by atoms with van der Waals surface area (Å²) >= 11 is 5.76. The Balaban J connectivity index is 2.00. The highest BCUT2D eigenvalue weighted by Gasteiger charge is 2.14. The number of aromatic nitrogens is 2. The second kappa shape index (κ2) is 6.82. The van der Waals surface area contributed by atoms with E-state index in [1.54, 1.807) is 12.1 Å². The van der Waals surface area contributed by atoms with E-state index in [1.165, 1.54) is 38.7 Å². The van der Waals surface area contributed by atoms with Crippen LogP contribution in [0.3, 0.4) is 0 Å². The van der Waals surface area contributed by atoms with Crippen molar-refractivity contribution in [3.8, 4) is 17.2 Å². The Kier molecular flexibility index (Phi) is 4.58. The van der Waals surface area contributed by atoms with Crippen LogP contribution >= 0.6 is 11.6 Å². The second-order valence-corrected chi connectivity index (χ2v) is 5.47. The maximum atomic E-state index is 12.4. The summed E-state index contributed by atoms with van der Waals surface area (Å²) in [6.45, 7) is 0. The lowest BCUT2D eigenvalue weighted by atomic mass is 10.1. The summed E-state index contributed by atoms with van der Waals surface area (Å²) in [6, 6.07) is 7.61. The fourth-order valence-corrected chi connectivity index (χ4v) is 2.43. The maximum absolute atomic E-state index is 12.4. The van der Waals surface area contributed by atoms with Gasteiger partial charge in [-0.15, -0.1) is 0 Å². The van der Waals surface area contributed by atoms with Crippen LogP contribution in [-0.2, 0) is 0 Å². The molecule has 0 aliphatic rings. The van der Waals surface area contributed by atoms with Gasteiger partial charge < -0.3 is 19.9 Å². The first-order chi connectivity index (χ1) is 12.0. The number of hydrogen-bond acceptors (Lipinski definition) is 6. The molecule has 2 N–H and O–H groups in total. The number of ether oxygens (including phenoxy) is 2. The fraction of sp³-hybridized carbons (Fsp3) is 0.118. The van der Waals surface area contributed by atoms with E-state index in [1.807, 2.05) is 0 Å². The molecule has 3 aromatic rings. The summed E-state index contributed by atoms with van der Waals surface area (Å²) in [5, 5.41) is 13.1. The van der Waals surface area contributed by atoms with E-state index in [4.69, 9.17) is 21.1 Å². The standard InChI is InChI=1S/C17H14ClN3O4/c1-24-14-6-10-12(7-15(14)25-2)19-8-20-16(10)21-17(23)9-3-4-11(18)13(22)5-9/h3-8,22H,1-2H3,(H,19,20,21,23). The van der Waals surface area contributed by atoms with Crippen molar-refractivity contribution in [2.75, 3.05) is 19.5 Å². The lowest BCUT2D eigenvalue weighted by molar-refractivity contribution is 0.102. The third kappa shape index (κ3) is 3.27. The molecule has 0 unspecified atom stereocenters. The minimum Gasteiger partial charge on any atom is -0.506 e. The van der Waals surface area contributed by atoms with Crippen LogP contribution in [0.4, 0.5) is 5.82 Å². The van der Waals surface area contributed by atoms with Crippen molar-refractivity contribution >= 4 is 34.2 Å². The number of halogens is 1. The van der Waals surface area contributed by atoms with Crippen LogP contribution in [0.15, 0.2) is 36.7 Å². The normalized spacial score (nSPS) is 10.5. The van der Waals surface area contributed by atoms with Crippen molar-refractivity contribution in [3.05, 3.63) is 47.2 Å². The summed E-state index contributed by atoms with van der Waals surface area (Å²) in [4.78, 5) is 20.7. The highest BCUT2D eigenvalue weighted by atomic mass is 35.5. The summed E-state index contributed by atoms with van der Waals surface area (Å²) in [5.41, 5.74) is 0.830. The van der Waals surface area contributed by atoms with E-state index in [0.717, 1.165) is 0 Å². The number of nitrogens with zero attached hydrogens (tertiary/aromatic N) is 2. The largest absolute Gasteiger partial charge is 0.506 e. The number of phenols is 1. The van der Waals surface area contributed by atoms with E-state index < -0.39 is 5.91 Å². The monoisotopic (exact) mass is 359 g/mol. The average Bonchev–Trinajstić information content (AvgIpc) is 2.63. The lowest BCUT2D eigenvalue weighted by Gasteiger charge is -2.11. The molecule has 0 aliphatic heterocycles. The molecule has 0 aliphatic carbocycles. The molecule has 128 valence electrons. The molecule has 7 nitrogen and oxygen atoms in total. The Morgan fingerprint density at radius 3 is 2.52 bits per heavy atom. The molecule has 8 heteroatoms. The van der Waals surface area contributed by atoms with Crippen molar-refractivity contribution in [3.63, 3.8) is 0 Å². The van der Waals surface area contributed by atoms with Crippen molar-refractivity contribution in [1.29, 1.82) is 0 Å². The smallest absolute Gasteiger partial charge is 0.256 e. The number of nitrogens with one attached hydrogen (secondary N) is 1. The molecule has 0 radical (unpaired) electrons. The van der Waals surface area contributed by atoms with Gasteiger partial charge in [-0.25, -0.2) is 9.97 Å². The molecule has 1 amide bonds.